The Bertz CT molecular complexity index is 1750. The molecule has 9 nitrogen and oxygen atoms in total. The van der Waals surface area contributed by atoms with Crippen LogP contribution in [-0.2, 0) is 4.79 Å². The molecule has 1 spiro atoms. The molecule has 5 heterocycles. The summed E-state index contributed by atoms with van der Waals surface area (Å²) in [4.78, 5) is 28.0. The Morgan fingerprint density at radius 1 is 1.16 bits per heavy atom. The Labute approximate surface area is 261 Å². The summed E-state index contributed by atoms with van der Waals surface area (Å²) in [6, 6.07) is 5.84. The number of piperidine rings is 2. The summed E-state index contributed by atoms with van der Waals surface area (Å²) in [5, 5.41) is 8.81. The second-order valence-electron chi connectivity index (χ2n) is 12.8. The van der Waals surface area contributed by atoms with E-state index in [2.05, 4.69) is 38.6 Å². The van der Waals surface area contributed by atoms with Crippen molar-refractivity contribution in [1.29, 1.82) is 0 Å². The first-order valence-corrected chi connectivity index (χ1v) is 15.7. The van der Waals surface area contributed by atoms with Crippen molar-refractivity contribution in [2.75, 3.05) is 57.8 Å². The molecule has 0 aliphatic carbocycles. The number of hydrogen-bond acceptors (Lipinski definition) is 7. The minimum Gasteiger partial charge on any atom is -0.463 e. The lowest BCUT2D eigenvalue weighted by Gasteiger charge is -2.54. The highest BCUT2D eigenvalue weighted by Gasteiger charge is 2.46. The Balaban J connectivity index is 1.26. The number of benzene rings is 2. The number of halogens is 2. The van der Waals surface area contributed by atoms with E-state index < -0.39 is 5.82 Å². The van der Waals surface area contributed by atoms with Crippen molar-refractivity contribution in [2.45, 2.75) is 32.6 Å². The summed E-state index contributed by atoms with van der Waals surface area (Å²) in [6.07, 6.45) is 6.97. The van der Waals surface area contributed by atoms with Gasteiger partial charge in [0.1, 0.15) is 11.3 Å². The van der Waals surface area contributed by atoms with Gasteiger partial charge in [-0.1, -0.05) is 24.2 Å². The summed E-state index contributed by atoms with van der Waals surface area (Å²) in [7, 11) is 2.13. The van der Waals surface area contributed by atoms with Gasteiger partial charge in [-0.15, -0.1) is 0 Å². The molecule has 3 aliphatic heterocycles. The maximum Gasteiger partial charge on any atom is 0.319 e. The molecule has 0 unspecified atom stereocenters. The van der Waals surface area contributed by atoms with Crippen molar-refractivity contribution >= 4 is 45.1 Å². The Morgan fingerprint density at radius 2 is 1.91 bits per heavy atom. The number of aromatic nitrogens is 4. The summed E-state index contributed by atoms with van der Waals surface area (Å²) in [5.74, 6) is 0.513. The monoisotopic (exact) mass is 617 g/mol. The molecule has 3 saturated heterocycles. The van der Waals surface area contributed by atoms with Gasteiger partial charge in [0.25, 0.3) is 0 Å². The number of H-pyrrole nitrogens is 1. The maximum atomic E-state index is 16.8. The first-order valence-electron chi connectivity index (χ1n) is 15.4. The van der Waals surface area contributed by atoms with Gasteiger partial charge in [-0.05, 0) is 82.4 Å². The molecule has 0 bridgehead atoms. The third-order valence-electron chi connectivity index (χ3n) is 9.87. The number of rotatable bonds is 6. The van der Waals surface area contributed by atoms with E-state index in [4.69, 9.17) is 21.3 Å². The molecule has 0 radical (unpaired) electrons. The van der Waals surface area contributed by atoms with Gasteiger partial charge in [0.15, 0.2) is 5.82 Å². The molecule has 2 aromatic heterocycles. The van der Waals surface area contributed by atoms with Crippen LogP contribution in [0.25, 0.3) is 32.9 Å². The third kappa shape index (κ3) is 5.07. The van der Waals surface area contributed by atoms with E-state index in [1.807, 2.05) is 24.0 Å². The van der Waals surface area contributed by atoms with E-state index in [1.54, 1.807) is 12.3 Å². The van der Waals surface area contributed by atoms with E-state index in [0.717, 1.165) is 81.4 Å². The van der Waals surface area contributed by atoms with Crippen LogP contribution in [0.5, 0.6) is 6.01 Å². The fraction of sp³-hybridized carbons (Fsp3) is 0.455. The first kappa shape index (κ1) is 29.0. The standard InChI is InChI=1S/C33H37ClFN7O2/c1-4-26(43)42-18-33(19-42)9-13-41(14-10-33)31-22-15-24(34)28(27-20(2)5-6-25-23(27)16-36-39-25)29(35)30(22)37-32(38-31)44-17-21-7-11-40(3)12-8-21/h4-6,15-16,21H,1,7-14,17-19H2,2-3H3,(H,36,39). The van der Waals surface area contributed by atoms with Gasteiger partial charge < -0.3 is 19.4 Å². The Morgan fingerprint density at radius 3 is 2.64 bits per heavy atom. The molecule has 1 N–H and O–H groups in total. The summed E-state index contributed by atoms with van der Waals surface area (Å²) in [6.45, 7) is 11.0. The lowest BCUT2D eigenvalue weighted by Crippen LogP contribution is -2.61. The van der Waals surface area contributed by atoms with Crippen molar-refractivity contribution < 1.29 is 13.9 Å². The molecular formula is C33H37ClFN7O2. The van der Waals surface area contributed by atoms with Gasteiger partial charge in [-0.3, -0.25) is 9.89 Å². The zero-order valence-corrected chi connectivity index (χ0v) is 26.0. The predicted octanol–water partition coefficient (Wildman–Crippen LogP) is 5.61. The largest absolute Gasteiger partial charge is 0.463 e. The number of nitrogens with one attached hydrogen (secondary N) is 1. The van der Waals surface area contributed by atoms with Gasteiger partial charge in [-0.25, -0.2) is 4.39 Å². The van der Waals surface area contributed by atoms with Crippen LogP contribution in [-0.4, -0.2) is 88.8 Å². The molecule has 3 aliphatic rings. The average molecular weight is 618 g/mol. The normalized spacial score (nSPS) is 19.1. The van der Waals surface area contributed by atoms with Crippen molar-refractivity contribution in [3.8, 4) is 17.1 Å². The summed E-state index contributed by atoms with van der Waals surface area (Å²) < 4.78 is 23.0. The van der Waals surface area contributed by atoms with Crippen LogP contribution in [0, 0.1) is 24.1 Å². The highest BCUT2D eigenvalue weighted by Crippen LogP contribution is 2.45. The molecule has 230 valence electrons. The number of hydrogen-bond donors (Lipinski definition) is 1. The molecule has 7 rings (SSSR count). The zero-order chi connectivity index (χ0) is 30.6. The van der Waals surface area contributed by atoms with Crippen LogP contribution in [0.4, 0.5) is 10.2 Å². The van der Waals surface area contributed by atoms with Crippen molar-refractivity contribution in [2.24, 2.45) is 11.3 Å². The molecule has 0 saturated carbocycles. The van der Waals surface area contributed by atoms with Gasteiger partial charge in [0.2, 0.25) is 5.91 Å². The fourth-order valence-corrected chi connectivity index (χ4v) is 7.42. The zero-order valence-electron chi connectivity index (χ0n) is 25.2. The van der Waals surface area contributed by atoms with Crippen LogP contribution in [0.3, 0.4) is 0 Å². The maximum absolute atomic E-state index is 16.8. The molecule has 0 atom stereocenters. The van der Waals surface area contributed by atoms with Crippen molar-refractivity contribution in [3.05, 3.63) is 53.5 Å². The first-order chi connectivity index (χ1) is 21.2. The number of anilines is 1. The van der Waals surface area contributed by atoms with Crippen LogP contribution >= 0.6 is 11.6 Å². The molecule has 44 heavy (non-hydrogen) atoms. The SMILES string of the molecule is C=CC(=O)N1CC2(CCN(c3nc(OCC4CCN(C)CC4)nc4c(F)c(-c5c(C)ccc6[nH]ncc56)c(Cl)cc34)CC2)C1. The second kappa shape index (κ2) is 11.3. The van der Waals surface area contributed by atoms with E-state index in [-0.39, 0.29) is 22.8 Å². The number of fused-ring (bicyclic) bond motifs is 2. The van der Waals surface area contributed by atoms with Gasteiger partial charge in [0.05, 0.1) is 23.3 Å². The fourth-order valence-electron chi connectivity index (χ4n) is 7.13. The van der Waals surface area contributed by atoms with E-state index in [0.29, 0.717) is 39.9 Å². The number of carbonyl (C=O) groups excluding carboxylic acids is 1. The van der Waals surface area contributed by atoms with Gasteiger partial charge >= 0.3 is 6.01 Å². The number of nitrogens with zero attached hydrogens (tertiary/aromatic N) is 6. The predicted molar refractivity (Wildman–Crippen MR) is 171 cm³/mol. The van der Waals surface area contributed by atoms with Crippen LogP contribution in [0.1, 0.15) is 31.2 Å². The molecule has 1 amide bonds. The number of aromatic amines is 1. The molecule has 2 aromatic carbocycles. The molecule has 3 fully saturated rings. The quantitative estimate of drug-likeness (QED) is 0.281. The minimum absolute atomic E-state index is 0.0199. The van der Waals surface area contributed by atoms with Crippen LogP contribution in [0.2, 0.25) is 5.02 Å². The number of likely N-dealkylation sites (tertiary alicyclic amines) is 2. The molecular weight excluding hydrogens is 581 g/mol. The second-order valence-corrected chi connectivity index (χ2v) is 13.2. The number of ether oxygens (including phenoxy) is 1. The summed E-state index contributed by atoms with van der Waals surface area (Å²) >= 11 is 6.92. The van der Waals surface area contributed by atoms with E-state index in [9.17, 15) is 4.79 Å². The summed E-state index contributed by atoms with van der Waals surface area (Å²) in [5.41, 5.74) is 2.98. The van der Waals surface area contributed by atoms with E-state index >= 15 is 4.39 Å². The van der Waals surface area contributed by atoms with Crippen molar-refractivity contribution in [3.63, 3.8) is 0 Å². The molecule has 4 aromatic rings. The Kier molecular flexibility index (Phi) is 7.45. The topological polar surface area (TPSA) is 90.5 Å². The Hall–Kier alpha value is -3.76. The van der Waals surface area contributed by atoms with Crippen LogP contribution < -0.4 is 9.64 Å². The number of amides is 1. The molecule has 11 heteroatoms. The van der Waals surface area contributed by atoms with Crippen LogP contribution in [0.15, 0.2) is 37.1 Å². The lowest BCUT2D eigenvalue weighted by molar-refractivity contribution is -0.139. The smallest absolute Gasteiger partial charge is 0.319 e. The van der Waals surface area contributed by atoms with E-state index in [1.165, 1.54) is 6.08 Å². The van der Waals surface area contributed by atoms with Crippen molar-refractivity contribution in [1.82, 2.24) is 30.0 Å². The minimum atomic E-state index is -0.497. The average Bonchev–Trinajstić information content (AvgIpc) is 3.49. The highest BCUT2D eigenvalue weighted by atomic mass is 35.5. The third-order valence-corrected chi connectivity index (χ3v) is 10.2. The van der Waals surface area contributed by atoms with Gasteiger partial charge in [0, 0.05) is 53.5 Å². The number of carbonyl (C=O) groups is 1. The lowest BCUT2D eigenvalue weighted by atomic mass is 9.72. The van der Waals surface area contributed by atoms with Gasteiger partial charge in [-0.2, -0.15) is 15.1 Å². The number of aryl methyl sites for hydroxylation is 1. The highest BCUT2D eigenvalue weighted by molar-refractivity contribution is 6.35.